The first-order chi connectivity index (χ1) is 5.00. The topological polar surface area (TPSA) is 20.2 Å². The molecule has 0 aromatic heterocycles. The van der Waals surface area contributed by atoms with Gasteiger partial charge < -0.3 is 5.11 Å². The SMILES string of the molecule is C/C(Cl)=C/[C@@H]1[C@@H](CO)C1(C)C. The van der Waals surface area contributed by atoms with Crippen LogP contribution in [-0.4, -0.2) is 11.7 Å². The number of aliphatic hydroxyl groups excluding tert-OH is 1. The van der Waals surface area contributed by atoms with Gasteiger partial charge in [-0.05, 0) is 24.2 Å². The van der Waals surface area contributed by atoms with E-state index >= 15 is 0 Å². The van der Waals surface area contributed by atoms with Crippen LogP contribution in [-0.2, 0) is 0 Å². The van der Waals surface area contributed by atoms with Crippen LogP contribution in [0.4, 0.5) is 0 Å². The molecule has 0 aromatic carbocycles. The normalized spacial score (nSPS) is 35.5. The highest BCUT2D eigenvalue weighted by atomic mass is 35.5. The molecule has 2 atom stereocenters. The molecule has 0 aromatic rings. The van der Waals surface area contributed by atoms with Crippen molar-refractivity contribution in [1.29, 1.82) is 0 Å². The van der Waals surface area contributed by atoms with Crippen molar-refractivity contribution in [2.24, 2.45) is 17.3 Å². The molecule has 0 saturated heterocycles. The van der Waals surface area contributed by atoms with Crippen molar-refractivity contribution in [1.82, 2.24) is 0 Å². The van der Waals surface area contributed by atoms with E-state index in [1.165, 1.54) is 0 Å². The fraction of sp³-hybridized carbons (Fsp3) is 0.778. The van der Waals surface area contributed by atoms with Gasteiger partial charge in [0.05, 0.1) is 0 Å². The summed E-state index contributed by atoms with van der Waals surface area (Å²) in [5.74, 6) is 0.890. The van der Waals surface area contributed by atoms with Gasteiger partial charge in [0.1, 0.15) is 0 Å². The quantitative estimate of drug-likeness (QED) is 0.682. The summed E-state index contributed by atoms with van der Waals surface area (Å²) in [6.45, 7) is 6.48. The van der Waals surface area contributed by atoms with E-state index in [2.05, 4.69) is 13.8 Å². The maximum atomic E-state index is 8.95. The summed E-state index contributed by atoms with van der Waals surface area (Å²) in [5, 5.41) is 9.79. The fourth-order valence-electron chi connectivity index (χ4n) is 1.71. The molecule has 1 nitrogen and oxygen atoms in total. The van der Waals surface area contributed by atoms with Gasteiger partial charge in [-0.1, -0.05) is 31.5 Å². The van der Waals surface area contributed by atoms with Crippen molar-refractivity contribution in [2.45, 2.75) is 20.8 Å². The summed E-state index contributed by atoms with van der Waals surface area (Å²) >= 11 is 5.74. The van der Waals surface area contributed by atoms with E-state index in [4.69, 9.17) is 16.7 Å². The molecule has 2 heteroatoms. The molecule has 64 valence electrons. The first kappa shape index (κ1) is 9.08. The maximum Gasteiger partial charge on any atom is 0.0470 e. The Morgan fingerprint density at radius 1 is 1.64 bits per heavy atom. The molecule has 0 heterocycles. The van der Waals surface area contributed by atoms with E-state index in [0.717, 1.165) is 5.03 Å². The molecule has 1 fully saturated rings. The average molecular weight is 175 g/mol. The summed E-state index contributed by atoms with van der Waals surface area (Å²) in [6, 6.07) is 0. The van der Waals surface area contributed by atoms with Crippen LogP contribution in [0.3, 0.4) is 0 Å². The Morgan fingerprint density at radius 2 is 2.18 bits per heavy atom. The van der Waals surface area contributed by atoms with Gasteiger partial charge in [0.25, 0.3) is 0 Å². The Balaban J connectivity index is 2.59. The zero-order valence-electron chi connectivity index (χ0n) is 7.26. The highest BCUT2D eigenvalue weighted by Gasteiger charge is 2.55. The van der Waals surface area contributed by atoms with Crippen LogP contribution in [0.2, 0.25) is 0 Å². The lowest BCUT2D eigenvalue weighted by Crippen LogP contribution is -1.93. The van der Waals surface area contributed by atoms with Gasteiger partial charge >= 0.3 is 0 Å². The monoisotopic (exact) mass is 174 g/mol. The van der Waals surface area contributed by atoms with Crippen LogP contribution in [0, 0.1) is 17.3 Å². The highest BCUT2D eigenvalue weighted by Crippen LogP contribution is 2.58. The molecular formula is C9H15ClO. The first-order valence-electron chi connectivity index (χ1n) is 3.95. The molecule has 1 N–H and O–H groups in total. The third-order valence-corrected chi connectivity index (χ3v) is 2.87. The van der Waals surface area contributed by atoms with Gasteiger partial charge in [-0.25, -0.2) is 0 Å². The Kier molecular flexibility index (Phi) is 2.31. The minimum Gasteiger partial charge on any atom is -0.396 e. The van der Waals surface area contributed by atoms with E-state index in [-0.39, 0.29) is 12.0 Å². The molecular weight excluding hydrogens is 160 g/mol. The average Bonchev–Trinajstić information content (AvgIpc) is 2.33. The summed E-state index contributed by atoms with van der Waals surface area (Å²) in [7, 11) is 0. The summed E-state index contributed by atoms with van der Waals surface area (Å²) in [6.07, 6.45) is 2.04. The number of allylic oxidation sites excluding steroid dienone is 2. The molecule has 1 aliphatic rings. The molecule has 0 unspecified atom stereocenters. The molecule has 1 saturated carbocycles. The predicted molar refractivity (Wildman–Crippen MR) is 47.5 cm³/mol. The van der Waals surface area contributed by atoms with Crippen molar-refractivity contribution in [3.05, 3.63) is 11.1 Å². The van der Waals surface area contributed by atoms with E-state index in [0.29, 0.717) is 11.8 Å². The number of aliphatic hydroxyl groups is 1. The maximum absolute atomic E-state index is 8.95. The van der Waals surface area contributed by atoms with E-state index in [1.54, 1.807) is 0 Å². The van der Waals surface area contributed by atoms with Crippen molar-refractivity contribution in [3.63, 3.8) is 0 Å². The number of halogens is 1. The van der Waals surface area contributed by atoms with Crippen LogP contribution in [0.5, 0.6) is 0 Å². The third-order valence-electron chi connectivity index (χ3n) is 2.75. The van der Waals surface area contributed by atoms with Crippen LogP contribution in [0.15, 0.2) is 11.1 Å². The van der Waals surface area contributed by atoms with E-state index in [9.17, 15) is 0 Å². The van der Waals surface area contributed by atoms with Crippen molar-refractivity contribution in [3.8, 4) is 0 Å². The Labute approximate surface area is 73.1 Å². The van der Waals surface area contributed by atoms with Gasteiger partial charge in [-0.2, -0.15) is 0 Å². The lowest BCUT2D eigenvalue weighted by Gasteiger charge is -1.97. The van der Waals surface area contributed by atoms with Gasteiger partial charge in [0.2, 0.25) is 0 Å². The van der Waals surface area contributed by atoms with Crippen molar-refractivity contribution in [2.75, 3.05) is 6.61 Å². The largest absolute Gasteiger partial charge is 0.396 e. The second-order valence-electron chi connectivity index (χ2n) is 3.89. The van der Waals surface area contributed by atoms with Gasteiger partial charge in [0.15, 0.2) is 0 Å². The minimum absolute atomic E-state index is 0.255. The molecule has 1 rings (SSSR count). The van der Waals surface area contributed by atoms with Crippen LogP contribution in [0.25, 0.3) is 0 Å². The van der Waals surface area contributed by atoms with Crippen LogP contribution < -0.4 is 0 Å². The Hall–Kier alpha value is -0.0100. The number of rotatable bonds is 2. The van der Waals surface area contributed by atoms with Crippen molar-refractivity contribution >= 4 is 11.6 Å². The summed E-state index contributed by atoms with van der Waals surface area (Å²) in [5.41, 5.74) is 0.255. The lowest BCUT2D eigenvalue weighted by atomic mass is 10.1. The smallest absolute Gasteiger partial charge is 0.0470 e. The lowest BCUT2D eigenvalue weighted by molar-refractivity contribution is 0.256. The number of hydrogen-bond acceptors (Lipinski definition) is 1. The molecule has 0 spiro atoms. The summed E-state index contributed by atoms with van der Waals surface area (Å²) in [4.78, 5) is 0. The second-order valence-corrected chi connectivity index (χ2v) is 4.49. The zero-order valence-corrected chi connectivity index (χ0v) is 8.02. The highest BCUT2D eigenvalue weighted by molar-refractivity contribution is 6.29. The Bertz CT molecular complexity index is 180. The molecule has 0 amide bonds. The van der Waals surface area contributed by atoms with Gasteiger partial charge in [-0.15, -0.1) is 0 Å². The van der Waals surface area contributed by atoms with E-state index < -0.39 is 0 Å². The minimum atomic E-state index is 0.255. The van der Waals surface area contributed by atoms with Crippen LogP contribution >= 0.6 is 11.6 Å². The van der Waals surface area contributed by atoms with Gasteiger partial charge in [0, 0.05) is 11.6 Å². The fourth-order valence-corrected chi connectivity index (χ4v) is 1.85. The molecule has 0 bridgehead atoms. The summed E-state index contributed by atoms with van der Waals surface area (Å²) < 4.78 is 0. The molecule has 0 aliphatic heterocycles. The van der Waals surface area contributed by atoms with Crippen molar-refractivity contribution < 1.29 is 5.11 Å². The number of hydrogen-bond donors (Lipinski definition) is 1. The van der Waals surface area contributed by atoms with Crippen LogP contribution in [0.1, 0.15) is 20.8 Å². The zero-order chi connectivity index (χ0) is 8.65. The molecule has 1 aliphatic carbocycles. The standard InChI is InChI=1S/C9H15ClO/c1-6(10)4-7-8(5-11)9(7,2)3/h4,7-8,11H,5H2,1-3H3/b6-4-/t7-,8-/m1/s1. The van der Waals surface area contributed by atoms with E-state index in [1.807, 2.05) is 13.0 Å². The first-order valence-corrected chi connectivity index (χ1v) is 4.32. The molecule has 0 radical (unpaired) electrons. The van der Waals surface area contributed by atoms with Gasteiger partial charge in [-0.3, -0.25) is 0 Å². The predicted octanol–water partition coefficient (Wildman–Crippen LogP) is 2.39. The second kappa shape index (κ2) is 2.80. The molecule has 11 heavy (non-hydrogen) atoms. The Morgan fingerprint density at radius 3 is 2.45 bits per heavy atom. The third kappa shape index (κ3) is 1.60.